The Morgan fingerprint density at radius 3 is 2.35 bits per heavy atom. The highest BCUT2D eigenvalue weighted by Gasteiger charge is 2.24. The molecule has 0 fully saturated rings. The van der Waals surface area contributed by atoms with Crippen molar-refractivity contribution in [1.82, 2.24) is 5.32 Å². The van der Waals surface area contributed by atoms with Crippen LogP contribution in [-0.4, -0.2) is 16.9 Å². The summed E-state index contributed by atoms with van der Waals surface area (Å²) >= 11 is 0. The summed E-state index contributed by atoms with van der Waals surface area (Å²) in [5, 5.41) is 13.0. The molecule has 1 aromatic carbocycles. The molecule has 0 unspecified atom stereocenters. The van der Waals surface area contributed by atoms with E-state index in [2.05, 4.69) is 5.32 Å². The van der Waals surface area contributed by atoms with Crippen molar-refractivity contribution in [2.45, 2.75) is 19.9 Å². The van der Waals surface area contributed by atoms with Crippen LogP contribution in [-0.2, 0) is 0 Å². The first-order chi connectivity index (χ1) is 7.82. The van der Waals surface area contributed by atoms with Crippen LogP contribution in [0.3, 0.4) is 0 Å². The van der Waals surface area contributed by atoms with Gasteiger partial charge in [0.05, 0.1) is 11.0 Å². The third-order valence-electron chi connectivity index (χ3n) is 1.90. The molecule has 0 atom stereocenters. The molecule has 0 aliphatic heterocycles. The number of nitro groups is 1. The highest BCUT2D eigenvalue weighted by Crippen LogP contribution is 2.22. The molecule has 7 heteroatoms. The highest BCUT2D eigenvalue weighted by atomic mass is 19.2. The minimum Gasteiger partial charge on any atom is -0.350 e. The van der Waals surface area contributed by atoms with E-state index in [4.69, 9.17) is 0 Å². The molecule has 1 rings (SSSR count). The summed E-state index contributed by atoms with van der Waals surface area (Å²) < 4.78 is 25.8. The number of benzene rings is 1. The van der Waals surface area contributed by atoms with Gasteiger partial charge in [0.2, 0.25) is 0 Å². The molecule has 1 amide bonds. The summed E-state index contributed by atoms with van der Waals surface area (Å²) in [6.07, 6.45) is 0. The topological polar surface area (TPSA) is 72.2 Å². The van der Waals surface area contributed by atoms with E-state index < -0.39 is 33.7 Å². The van der Waals surface area contributed by atoms with Gasteiger partial charge in [-0.25, -0.2) is 8.78 Å². The van der Waals surface area contributed by atoms with E-state index in [1.807, 2.05) is 0 Å². The molecule has 17 heavy (non-hydrogen) atoms. The number of hydrogen-bond donors (Lipinski definition) is 1. The fourth-order valence-electron chi connectivity index (χ4n) is 1.21. The van der Waals surface area contributed by atoms with Crippen LogP contribution in [0.15, 0.2) is 12.1 Å². The van der Waals surface area contributed by atoms with E-state index in [1.165, 1.54) is 0 Å². The summed E-state index contributed by atoms with van der Waals surface area (Å²) in [4.78, 5) is 21.2. The Morgan fingerprint density at radius 1 is 1.35 bits per heavy atom. The standard InChI is InChI=1S/C10H10F2N2O3/c1-5(2)13-10(15)6-3-7(11)8(12)4-9(6)14(16)17/h3-5H,1-2H3,(H,13,15). The quantitative estimate of drug-likeness (QED) is 0.653. The number of carbonyl (C=O) groups is 1. The molecule has 0 radical (unpaired) electrons. The Morgan fingerprint density at radius 2 is 1.88 bits per heavy atom. The molecule has 1 N–H and O–H groups in total. The van der Waals surface area contributed by atoms with E-state index in [1.54, 1.807) is 13.8 Å². The molecule has 0 saturated heterocycles. The third-order valence-corrected chi connectivity index (χ3v) is 1.90. The van der Waals surface area contributed by atoms with Gasteiger partial charge in [0.1, 0.15) is 5.56 Å². The fourth-order valence-corrected chi connectivity index (χ4v) is 1.21. The van der Waals surface area contributed by atoms with Crippen LogP contribution in [0.25, 0.3) is 0 Å². The first-order valence-electron chi connectivity index (χ1n) is 4.77. The normalized spacial score (nSPS) is 10.4. The lowest BCUT2D eigenvalue weighted by Gasteiger charge is -2.08. The molecule has 5 nitrogen and oxygen atoms in total. The summed E-state index contributed by atoms with van der Waals surface area (Å²) in [5.41, 5.74) is -1.26. The number of halogens is 2. The van der Waals surface area contributed by atoms with Gasteiger partial charge in [0.25, 0.3) is 11.6 Å². The van der Waals surface area contributed by atoms with Gasteiger partial charge in [0.15, 0.2) is 11.6 Å². The van der Waals surface area contributed by atoms with Crippen LogP contribution < -0.4 is 5.32 Å². The van der Waals surface area contributed by atoms with Crippen LogP contribution in [0.1, 0.15) is 24.2 Å². The maximum atomic E-state index is 12.9. The van der Waals surface area contributed by atoms with Gasteiger partial charge in [-0.05, 0) is 19.9 Å². The molecular weight excluding hydrogens is 234 g/mol. The number of amides is 1. The van der Waals surface area contributed by atoms with Crippen molar-refractivity contribution in [2.24, 2.45) is 0 Å². The number of nitrogens with zero attached hydrogens (tertiary/aromatic N) is 1. The molecule has 0 heterocycles. The van der Waals surface area contributed by atoms with E-state index in [9.17, 15) is 23.7 Å². The van der Waals surface area contributed by atoms with E-state index in [0.717, 1.165) is 0 Å². The molecule has 0 bridgehead atoms. The van der Waals surface area contributed by atoms with Gasteiger partial charge >= 0.3 is 0 Å². The highest BCUT2D eigenvalue weighted by molar-refractivity contribution is 5.98. The van der Waals surface area contributed by atoms with Crippen LogP contribution >= 0.6 is 0 Å². The zero-order valence-electron chi connectivity index (χ0n) is 9.16. The molecule has 0 spiro atoms. The Bertz CT molecular complexity index is 475. The number of hydrogen-bond acceptors (Lipinski definition) is 3. The minimum atomic E-state index is -1.36. The molecular formula is C10H10F2N2O3. The predicted octanol–water partition coefficient (Wildman–Crippen LogP) is 2.01. The van der Waals surface area contributed by atoms with Crippen molar-refractivity contribution in [3.05, 3.63) is 39.4 Å². The van der Waals surface area contributed by atoms with E-state index in [0.29, 0.717) is 12.1 Å². The molecule has 0 aliphatic carbocycles. The lowest BCUT2D eigenvalue weighted by atomic mass is 10.1. The smallest absolute Gasteiger partial charge is 0.285 e. The predicted molar refractivity (Wildman–Crippen MR) is 55.6 cm³/mol. The lowest BCUT2D eigenvalue weighted by Crippen LogP contribution is -2.30. The summed E-state index contributed by atoms with van der Waals surface area (Å²) in [6.45, 7) is 3.28. The Labute approximate surface area is 95.6 Å². The molecule has 0 aromatic heterocycles. The van der Waals surface area contributed by atoms with Gasteiger partial charge in [-0.15, -0.1) is 0 Å². The van der Waals surface area contributed by atoms with Crippen LogP contribution in [0.2, 0.25) is 0 Å². The van der Waals surface area contributed by atoms with Crippen molar-refractivity contribution < 1.29 is 18.5 Å². The van der Waals surface area contributed by atoms with Crippen molar-refractivity contribution in [2.75, 3.05) is 0 Å². The van der Waals surface area contributed by atoms with Gasteiger partial charge in [-0.2, -0.15) is 0 Å². The Kier molecular flexibility index (Phi) is 3.72. The Hall–Kier alpha value is -2.05. The maximum Gasteiger partial charge on any atom is 0.285 e. The molecule has 92 valence electrons. The first kappa shape index (κ1) is 13.0. The number of carbonyl (C=O) groups excluding carboxylic acids is 1. The van der Waals surface area contributed by atoms with E-state index in [-0.39, 0.29) is 6.04 Å². The second-order valence-electron chi connectivity index (χ2n) is 3.67. The number of nitrogens with one attached hydrogen (secondary N) is 1. The lowest BCUT2D eigenvalue weighted by molar-refractivity contribution is -0.385. The number of rotatable bonds is 3. The van der Waals surface area contributed by atoms with Crippen molar-refractivity contribution in [3.8, 4) is 0 Å². The van der Waals surface area contributed by atoms with Gasteiger partial charge in [-0.1, -0.05) is 0 Å². The van der Waals surface area contributed by atoms with E-state index >= 15 is 0 Å². The second kappa shape index (κ2) is 4.86. The van der Waals surface area contributed by atoms with Gasteiger partial charge < -0.3 is 5.32 Å². The molecule has 0 aliphatic rings. The van der Waals surface area contributed by atoms with Gasteiger partial charge in [-0.3, -0.25) is 14.9 Å². The zero-order chi connectivity index (χ0) is 13.2. The molecule has 1 aromatic rings. The zero-order valence-corrected chi connectivity index (χ0v) is 9.16. The summed E-state index contributed by atoms with van der Waals surface area (Å²) in [5.74, 6) is -3.48. The molecule has 0 saturated carbocycles. The largest absolute Gasteiger partial charge is 0.350 e. The monoisotopic (exact) mass is 244 g/mol. The summed E-state index contributed by atoms with van der Waals surface area (Å²) in [6, 6.07) is 0.644. The van der Waals surface area contributed by atoms with Crippen LogP contribution in [0.5, 0.6) is 0 Å². The Balaban J connectivity index is 3.26. The van der Waals surface area contributed by atoms with Crippen LogP contribution in [0, 0.1) is 21.7 Å². The van der Waals surface area contributed by atoms with Crippen molar-refractivity contribution >= 4 is 11.6 Å². The SMILES string of the molecule is CC(C)NC(=O)c1cc(F)c(F)cc1[N+](=O)[O-]. The maximum absolute atomic E-state index is 12.9. The average Bonchev–Trinajstić information content (AvgIpc) is 2.19. The summed E-state index contributed by atoms with van der Waals surface area (Å²) in [7, 11) is 0. The van der Waals surface area contributed by atoms with Crippen molar-refractivity contribution in [3.63, 3.8) is 0 Å². The number of nitro benzene ring substituents is 1. The van der Waals surface area contributed by atoms with Crippen molar-refractivity contribution in [1.29, 1.82) is 0 Å². The fraction of sp³-hybridized carbons (Fsp3) is 0.300. The van der Waals surface area contributed by atoms with Crippen LogP contribution in [0.4, 0.5) is 14.5 Å². The van der Waals surface area contributed by atoms with Gasteiger partial charge in [0, 0.05) is 6.04 Å². The first-order valence-corrected chi connectivity index (χ1v) is 4.77. The third kappa shape index (κ3) is 2.96. The minimum absolute atomic E-state index is 0.268. The average molecular weight is 244 g/mol. The second-order valence-corrected chi connectivity index (χ2v) is 3.67.